The van der Waals surface area contributed by atoms with Gasteiger partial charge < -0.3 is 9.30 Å². The molecule has 3 heterocycles. The van der Waals surface area contributed by atoms with Crippen LogP contribution in [0.4, 0.5) is 0 Å². The van der Waals surface area contributed by atoms with Crippen molar-refractivity contribution in [3.8, 4) is 10.7 Å². The van der Waals surface area contributed by atoms with E-state index in [1.807, 2.05) is 22.8 Å². The van der Waals surface area contributed by atoms with Crippen LogP contribution in [0, 0.1) is 6.92 Å². The third kappa shape index (κ3) is 4.95. The molecule has 0 amide bonds. The molecule has 0 aliphatic rings. The van der Waals surface area contributed by atoms with Crippen LogP contribution in [0.15, 0.2) is 47.5 Å². The minimum atomic E-state index is -3.85. The van der Waals surface area contributed by atoms with Crippen molar-refractivity contribution >= 4 is 38.4 Å². The van der Waals surface area contributed by atoms with Gasteiger partial charge in [-0.2, -0.15) is 0 Å². The highest BCUT2D eigenvalue weighted by atomic mass is 32.2. The molecule has 0 saturated carbocycles. The summed E-state index contributed by atoms with van der Waals surface area (Å²) in [6.45, 7) is 4.44. The molecule has 1 aromatic carbocycles. The first-order valence-electron chi connectivity index (χ1n) is 10.4. The largest absolute Gasteiger partial charge is 0.453 e. The van der Waals surface area contributed by atoms with Crippen LogP contribution < -0.4 is 5.14 Å². The predicted molar refractivity (Wildman–Crippen MR) is 125 cm³/mol. The number of benzene rings is 1. The number of carbonyl (C=O) groups excluding carboxylic acids is 1. The van der Waals surface area contributed by atoms with Crippen LogP contribution in [0.3, 0.4) is 0 Å². The summed E-state index contributed by atoms with van der Waals surface area (Å²) in [5.41, 5.74) is 2.50. The number of sulfonamides is 1. The number of fused-ring (bicyclic) bond motifs is 1. The van der Waals surface area contributed by atoms with Crippen LogP contribution in [0.1, 0.15) is 41.0 Å². The normalized spacial score (nSPS) is 11.7. The number of rotatable bonds is 8. The maximum absolute atomic E-state index is 12.8. The Bertz CT molecular complexity index is 1410. The number of hydrogen-bond donors (Lipinski definition) is 1. The van der Waals surface area contributed by atoms with Crippen LogP contribution in [0.5, 0.6) is 0 Å². The smallest absolute Gasteiger partial charge is 0.350 e. The number of nitrogens with zero attached hydrogens (tertiary/aromatic N) is 4. The first-order chi connectivity index (χ1) is 15.8. The van der Waals surface area contributed by atoms with Gasteiger partial charge in [0, 0.05) is 12.7 Å². The fourth-order valence-electron chi connectivity index (χ4n) is 3.39. The average molecular weight is 486 g/mol. The third-order valence-electron chi connectivity index (χ3n) is 5.06. The molecule has 2 N–H and O–H groups in total. The van der Waals surface area contributed by atoms with E-state index in [4.69, 9.17) is 9.88 Å². The second kappa shape index (κ2) is 9.38. The van der Waals surface area contributed by atoms with E-state index in [2.05, 4.69) is 21.9 Å². The lowest BCUT2D eigenvalue weighted by Gasteiger charge is -2.09. The maximum atomic E-state index is 12.8. The number of aryl methyl sites for hydroxylation is 2. The number of thiazole rings is 1. The summed E-state index contributed by atoms with van der Waals surface area (Å²) in [7, 11) is -3.85. The van der Waals surface area contributed by atoms with E-state index in [0.717, 1.165) is 18.4 Å². The van der Waals surface area contributed by atoms with Gasteiger partial charge in [-0.3, -0.25) is 4.98 Å². The van der Waals surface area contributed by atoms with E-state index in [1.54, 1.807) is 19.2 Å². The second-order valence-electron chi connectivity index (χ2n) is 7.45. The van der Waals surface area contributed by atoms with Crippen LogP contribution in [-0.4, -0.2) is 33.9 Å². The Balaban J connectivity index is 1.59. The van der Waals surface area contributed by atoms with Crippen molar-refractivity contribution in [3.63, 3.8) is 0 Å². The van der Waals surface area contributed by atoms with Crippen molar-refractivity contribution in [1.29, 1.82) is 0 Å². The maximum Gasteiger partial charge on any atom is 0.350 e. The first kappa shape index (κ1) is 23.0. The molecule has 4 aromatic rings. The summed E-state index contributed by atoms with van der Waals surface area (Å²) in [5.74, 6) is 0.0389. The van der Waals surface area contributed by atoms with Crippen molar-refractivity contribution in [3.05, 3.63) is 59.0 Å². The fraction of sp³-hybridized carbons (Fsp3) is 0.273. The Hall–Kier alpha value is -3.15. The van der Waals surface area contributed by atoms with Gasteiger partial charge in [-0.05, 0) is 43.7 Å². The van der Waals surface area contributed by atoms with Gasteiger partial charge in [0.1, 0.15) is 22.3 Å². The molecule has 0 spiro atoms. The molecule has 33 heavy (non-hydrogen) atoms. The highest BCUT2D eigenvalue weighted by Gasteiger charge is 2.20. The molecule has 172 valence electrons. The number of nitrogens with two attached hydrogens (primary N) is 1. The standard InChI is InChI=1S/C22H23N5O4S2/c1-3-4-11-27-18-9-8-15(33(23,29)30)12-17(18)26-19(27)13-31-22(28)20-14(2)25-21(32-20)16-7-5-6-10-24-16/h5-10,12H,3-4,11,13H2,1-2H3,(H2,23,29,30). The van der Waals surface area contributed by atoms with Crippen molar-refractivity contribution in [2.45, 2.75) is 44.7 Å². The molecule has 0 fully saturated rings. The number of imidazole rings is 1. The molecule has 11 heteroatoms. The molecular weight excluding hydrogens is 462 g/mol. The molecule has 0 radical (unpaired) electrons. The van der Waals surface area contributed by atoms with Gasteiger partial charge >= 0.3 is 5.97 Å². The van der Waals surface area contributed by atoms with Crippen molar-refractivity contribution in [2.24, 2.45) is 5.14 Å². The lowest BCUT2D eigenvalue weighted by Crippen LogP contribution is -2.12. The van der Waals surface area contributed by atoms with E-state index in [0.29, 0.717) is 39.2 Å². The summed E-state index contributed by atoms with van der Waals surface area (Å²) >= 11 is 1.23. The number of ether oxygens (including phenoxy) is 1. The lowest BCUT2D eigenvalue weighted by atomic mass is 10.3. The van der Waals surface area contributed by atoms with E-state index in [-0.39, 0.29) is 11.5 Å². The van der Waals surface area contributed by atoms with Crippen LogP contribution in [0.25, 0.3) is 21.7 Å². The van der Waals surface area contributed by atoms with E-state index >= 15 is 0 Å². The Kier molecular flexibility index (Phi) is 6.54. The van der Waals surface area contributed by atoms with Gasteiger partial charge in [-0.25, -0.2) is 28.3 Å². The van der Waals surface area contributed by atoms with Crippen molar-refractivity contribution < 1.29 is 17.9 Å². The molecule has 3 aromatic heterocycles. The van der Waals surface area contributed by atoms with Crippen LogP contribution in [-0.2, 0) is 27.9 Å². The van der Waals surface area contributed by atoms with Crippen LogP contribution in [0.2, 0.25) is 0 Å². The zero-order valence-corrected chi connectivity index (χ0v) is 19.8. The summed E-state index contributed by atoms with van der Waals surface area (Å²) in [5, 5.41) is 5.90. The zero-order valence-electron chi connectivity index (χ0n) is 18.2. The van der Waals surface area contributed by atoms with Gasteiger partial charge in [-0.15, -0.1) is 11.3 Å². The number of unbranched alkanes of at least 4 members (excludes halogenated alkanes) is 1. The Morgan fingerprint density at radius 1 is 1.21 bits per heavy atom. The van der Waals surface area contributed by atoms with Crippen LogP contribution >= 0.6 is 11.3 Å². The summed E-state index contributed by atoms with van der Waals surface area (Å²) in [4.78, 5) is 26.4. The third-order valence-corrected chi connectivity index (χ3v) is 7.13. The van der Waals surface area contributed by atoms with Gasteiger partial charge in [0.15, 0.2) is 0 Å². The molecule has 0 atom stereocenters. The summed E-state index contributed by atoms with van der Waals surface area (Å²) < 4.78 is 30.9. The van der Waals surface area contributed by atoms with Gasteiger partial charge in [0.05, 0.1) is 27.3 Å². The van der Waals surface area contributed by atoms with E-state index < -0.39 is 16.0 Å². The zero-order chi connectivity index (χ0) is 23.6. The molecule has 0 aliphatic heterocycles. The predicted octanol–water partition coefficient (Wildman–Crippen LogP) is 3.67. The number of esters is 1. The van der Waals surface area contributed by atoms with Crippen molar-refractivity contribution in [1.82, 2.24) is 19.5 Å². The molecule has 9 nitrogen and oxygen atoms in total. The first-order valence-corrected chi connectivity index (χ1v) is 12.7. The number of primary sulfonamides is 1. The molecule has 0 bridgehead atoms. The number of hydrogen-bond acceptors (Lipinski definition) is 8. The van der Waals surface area contributed by atoms with Gasteiger partial charge in [0.25, 0.3) is 0 Å². The molecular formula is C22H23N5O4S2. The summed E-state index contributed by atoms with van der Waals surface area (Å²) in [6, 6.07) is 10.1. The number of carbonyl (C=O) groups is 1. The van der Waals surface area contributed by atoms with E-state index in [1.165, 1.54) is 23.5 Å². The highest BCUT2D eigenvalue weighted by molar-refractivity contribution is 7.89. The average Bonchev–Trinajstić information content (AvgIpc) is 3.35. The minimum Gasteiger partial charge on any atom is -0.453 e. The topological polar surface area (TPSA) is 130 Å². The second-order valence-corrected chi connectivity index (χ2v) is 10.0. The molecule has 4 rings (SSSR count). The number of aromatic nitrogens is 4. The molecule has 0 unspecified atom stereocenters. The Morgan fingerprint density at radius 3 is 2.73 bits per heavy atom. The van der Waals surface area contributed by atoms with Gasteiger partial charge in [0.2, 0.25) is 10.0 Å². The minimum absolute atomic E-state index is 0.0129. The van der Waals surface area contributed by atoms with E-state index in [9.17, 15) is 13.2 Å². The Morgan fingerprint density at radius 2 is 2.03 bits per heavy atom. The quantitative estimate of drug-likeness (QED) is 0.377. The molecule has 0 saturated heterocycles. The highest BCUT2D eigenvalue weighted by Crippen LogP contribution is 2.27. The SMILES string of the molecule is CCCCn1c(COC(=O)c2sc(-c3ccccn3)nc2C)nc2cc(S(N)(=O)=O)ccc21. The monoisotopic (exact) mass is 485 g/mol. The Labute approximate surface area is 195 Å². The number of pyridine rings is 1. The lowest BCUT2D eigenvalue weighted by molar-refractivity contribution is 0.0463. The van der Waals surface area contributed by atoms with Crippen molar-refractivity contribution in [2.75, 3.05) is 0 Å². The van der Waals surface area contributed by atoms with Gasteiger partial charge in [-0.1, -0.05) is 19.4 Å². The summed E-state index contributed by atoms with van der Waals surface area (Å²) in [6.07, 6.45) is 3.53. The fourth-order valence-corrected chi connectivity index (χ4v) is 4.86. The molecule has 0 aliphatic carbocycles.